The van der Waals surface area contributed by atoms with Crippen molar-refractivity contribution < 1.29 is 0 Å². The van der Waals surface area contributed by atoms with Gasteiger partial charge in [-0.3, -0.25) is 0 Å². The first-order valence-corrected chi connectivity index (χ1v) is 15.5. The molecule has 0 saturated carbocycles. The van der Waals surface area contributed by atoms with Crippen molar-refractivity contribution in [3.05, 3.63) is 169 Å². The SMILES string of the molecule is N#Cc1cccc(-c2cc(-n3c4ccccc4c4ccccc43)ccc2-c2ccccc2-n2c3ccccc3c3ccccc32)c1. The van der Waals surface area contributed by atoms with Gasteiger partial charge in [-0.05, 0) is 71.3 Å². The van der Waals surface area contributed by atoms with Crippen molar-refractivity contribution >= 4 is 43.6 Å². The number of para-hydroxylation sites is 5. The van der Waals surface area contributed by atoms with Gasteiger partial charge >= 0.3 is 0 Å². The fourth-order valence-electron chi connectivity index (χ4n) is 7.18. The summed E-state index contributed by atoms with van der Waals surface area (Å²) in [7, 11) is 0. The van der Waals surface area contributed by atoms with Crippen LogP contribution in [0.25, 0.3) is 77.2 Å². The van der Waals surface area contributed by atoms with Crippen LogP contribution in [0.15, 0.2) is 164 Å². The van der Waals surface area contributed by atoms with Crippen molar-refractivity contribution in [3.8, 4) is 39.7 Å². The average Bonchev–Trinajstić information content (AvgIpc) is 3.64. The lowest BCUT2D eigenvalue weighted by molar-refractivity contribution is 1.17. The largest absolute Gasteiger partial charge is 0.309 e. The molecule has 0 aliphatic carbocycles. The Morgan fingerprint density at radius 2 is 0.913 bits per heavy atom. The molecule has 0 bridgehead atoms. The molecule has 2 aromatic heterocycles. The van der Waals surface area contributed by atoms with Crippen molar-refractivity contribution in [1.82, 2.24) is 9.13 Å². The van der Waals surface area contributed by atoms with Gasteiger partial charge in [0.1, 0.15) is 0 Å². The van der Waals surface area contributed by atoms with E-state index in [1.807, 2.05) is 18.2 Å². The first-order chi connectivity index (χ1) is 22.8. The van der Waals surface area contributed by atoms with Gasteiger partial charge in [0.05, 0.1) is 39.4 Å². The molecule has 0 aliphatic rings. The second-order valence-corrected chi connectivity index (χ2v) is 11.7. The molecule has 3 heteroatoms. The van der Waals surface area contributed by atoms with E-state index in [1.165, 1.54) is 43.6 Å². The van der Waals surface area contributed by atoms with E-state index >= 15 is 0 Å². The molecule has 0 N–H and O–H groups in total. The molecule has 7 aromatic carbocycles. The van der Waals surface area contributed by atoms with E-state index < -0.39 is 0 Å². The third kappa shape index (κ3) is 3.91. The summed E-state index contributed by atoms with van der Waals surface area (Å²) in [5.74, 6) is 0. The number of nitrogens with zero attached hydrogens (tertiary/aromatic N) is 3. The molecular weight excluding hydrogens is 558 g/mol. The second-order valence-electron chi connectivity index (χ2n) is 11.7. The number of rotatable bonds is 4. The summed E-state index contributed by atoms with van der Waals surface area (Å²) in [4.78, 5) is 0. The molecule has 9 rings (SSSR count). The monoisotopic (exact) mass is 585 g/mol. The summed E-state index contributed by atoms with van der Waals surface area (Å²) in [6.07, 6.45) is 0. The Hall–Kier alpha value is -6.37. The standard InChI is InChI=1S/C43H27N3/c44-28-29-12-11-13-30(26-29)38-27-31(45-39-19-6-2-15-34(39)35-16-3-7-20-40(35)45)24-25-32(38)33-14-1-8-21-41(33)46-42-22-9-4-17-36(42)37-18-5-10-23-43(37)46/h1-27H. The van der Waals surface area contributed by atoms with E-state index in [4.69, 9.17) is 0 Å². The number of nitriles is 1. The van der Waals surface area contributed by atoms with E-state index in [1.54, 1.807) is 0 Å². The number of hydrogen-bond acceptors (Lipinski definition) is 1. The Balaban J connectivity index is 1.35. The third-order valence-electron chi connectivity index (χ3n) is 9.16. The molecule has 0 atom stereocenters. The zero-order valence-corrected chi connectivity index (χ0v) is 24.9. The van der Waals surface area contributed by atoms with Crippen LogP contribution < -0.4 is 0 Å². The van der Waals surface area contributed by atoms with E-state index in [9.17, 15) is 5.26 Å². The van der Waals surface area contributed by atoms with Crippen molar-refractivity contribution in [2.75, 3.05) is 0 Å². The van der Waals surface area contributed by atoms with E-state index in [0.717, 1.165) is 33.6 Å². The van der Waals surface area contributed by atoms with Crippen molar-refractivity contribution in [1.29, 1.82) is 5.26 Å². The van der Waals surface area contributed by atoms with Crippen LogP contribution in [0.1, 0.15) is 5.56 Å². The fraction of sp³-hybridized carbons (Fsp3) is 0. The molecule has 0 amide bonds. The van der Waals surface area contributed by atoms with Gasteiger partial charge in [0.15, 0.2) is 0 Å². The minimum absolute atomic E-state index is 0.640. The number of hydrogen-bond donors (Lipinski definition) is 0. The van der Waals surface area contributed by atoms with Crippen molar-refractivity contribution in [2.24, 2.45) is 0 Å². The predicted octanol–water partition coefficient (Wildman–Crippen LogP) is 11.1. The first kappa shape index (κ1) is 26.1. The average molecular weight is 586 g/mol. The van der Waals surface area contributed by atoms with Crippen LogP contribution in [-0.4, -0.2) is 9.13 Å². The van der Waals surface area contributed by atoms with Gasteiger partial charge < -0.3 is 9.13 Å². The number of aromatic nitrogens is 2. The van der Waals surface area contributed by atoms with Gasteiger partial charge in [-0.15, -0.1) is 0 Å². The number of fused-ring (bicyclic) bond motifs is 6. The normalized spacial score (nSPS) is 11.5. The van der Waals surface area contributed by atoms with Gasteiger partial charge in [0, 0.05) is 32.8 Å². The highest BCUT2D eigenvalue weighted by molar-refractivity contribution is 6.11. The van der Waals surface area contributed by atoms with Gasteiger partial charge in [-0.2, -0.15) is 5.26 Å². The molecule has 0 unspecified atom stereocenters. The molecule has 0 spiro atoms. The Bertz CT molecular complexity index is 2560. The molecule has 0 fully saturated rings. The maximum Gasteiger partial charge on any atom is 0.0991 e. The summed E-state index contributed by atoms with van der Waals surface area (Å²) in [6, 6.07) is 60.2. The van der Waals surface area contributed by atoms with Gasteiger partial charge in [-0.1, -0.05) is 109 Å². The van der Waals surface area contributed by atoms with Crippen molar-refractivity contribution in [2.45, 2.75) is 0 Å². The molecule has 214 valence electrons. The molecule has 9 aromatic rings. The Labute approximate surface area is 266 Å². The van der Waals surface area contributed by atoms with E-state index in [-0.39, 0.29) is 0 Å². The maximum atomic E-state index is 9.85. The van der Waals surface area contributed by atoms with Gasteiger partial charge in [0.25, 0.3) is 0 Å². The highest BCUT2D eigenvalue weighted by atomic mass is 15.0. The summed E-state index contributed by atoms with van der Waals surface area (Å²) < 4.78 is 4.74. The van der Waals surface area contributed by atoms with Crippen LogP contribution in [0.2, 0.25) is 0 Å². The minimum Gasteiger partial charge on any atom is -0.309 e. The molecule has 0 aliphatic heterocycles. The molecule has 2 heterocycles. The first-order valence-electron chi connectivity index (χ1n) is 15.5. The third-order valence-corrected chi connectivity index (χ3v) is 9.16. The van der Waals surface area contributed by atoms with Crippen LogP contribution in [0.3, 0.4) is 0 Å². The predicted molar refractivity (Wildman–Crippen MR) is 191 cm³/mol. The van der Waals surface area contributed by atoms with Gasteiger partial charge in [-0.25, -0.2) is 0 Å². The summed E-state index contributed by atoms with van der Waals surface area (Å²) in [5.41, 5.74) is 11.8. The summed E-state index contributed by atoms with van der Waals surface area (Å²) >= 11 is 0. The summed E-state index contributed by atoms with van der Waals surface area (Å²) in [5, 5.41) is 14.8. The molecule has 3 nitrogen and oxygen atoms in total. The number of benzene rings is 7. The minimum atomic E-state index is 0.640. The second kappa shape index (κ2) is 10.4. The molecular formula is C43H27N3. The van der Waals surface area contributed by atoms with E-state index in [0.29, 0.717) is 5.56 Å². The van der Waals surface area contributed by atoms with Crippen LogP contribution in [-0.2, 0) is 0 Å². The van der Waals surface area contributed by atoms with Crippen LogP contribution >= 0.6 is 0 Å². The van der Waals surface area contributed by atoms with Crippen molar-refractivity contribution in [3.63, 3.8) is 0 Å². The Morgan fingerprint density at radius 3 is 1.50 bits per heavy atom. The van der Waals surface area contributed by atoms with Crippen LogP contribution in [0.4, 0.5) is 0 Å². The Morgan fingerprint density at radius 1 is 0.391 bits per heavy atom. The quantitative estimate of drug-likeness (QED) is 0.202. The van der Waals surface area contributed by atoms with E-state index in [2.05, 4.69) is 161 Å². The smallest absolute Gasteiger partial charge is 0.0991 e. The lowest BCUT2D eigenvalue weighted by Crippen LogP contribution is -2.00. The zero-order chi connectivity index (χ0) is 30.6. The zero-order valence-electron chi connectivity index (χ0n) is 24.9. The molecule has 0 radical (unpaired) electrons. The van der Waals surface area contributed by atoms with Crippen LogP contribution in [0.5, 0.6) is 0 Å². The lowest BCUT2D eigenvalue weighted by Gasteiger charge is -2.19. The highest BCUT2D eigenvalue weighted by Gasteiger charge is 2.19. The Kier molecular flexibility index (Phi) is 5.88. The molecule has 46 heavy (non-hydrogen) atoms. The summed E-state index contributed by atoms with van der Waals surface area (Å²) in [6.45, 7) is 0. The van der Waals surface area contributed by atoms with Gasteiger partial charge in [0.2, 0.25) is 0 Å². The fourth-order valence-corrected chi connectivity index (χ4v) is 7.18. The maximum absolute atomic E-state index is 9.85. The molecule has 0 saturated heterocycles. The van der Waals surface area contributed by atoms with Crippen LogP contribution in [0, 0.1) is 11.3 Å². The lowest BCUT2D eigenvalue weighted by atomic mass is 9.92. The topological polar surface area (TPSA) is 33.6 Å². The highest BCUT2D eigenvalue weighted by Crippen LogP contribution is 2.41.